The number of nitrogens with two attached hydrogens (primary N) is 2. The molecule has 0 bridgehead atoms. The van der Waals surface area contributed by atoms with Crippen molar-refractivity contribution < 1.29 is 9.53 Å². The smallest absolute Gasteiger partial charge is 0.250 e. The summed E-state index contributed by atoms with van der Waals surface area (Å²) in [5, 5.41) is 3.36. The number of anilines is 2. The number of nitrogens with one attached hydrogen (secondary N) is 1. The first-order chi connectivity index (χ1) is 8.58. The zero-order valence-corrected chi connectivity index (χ0v) is 10.5. The van der Waals surface area contributed by atoms with E-state index in [0.29, 0.717) is 17.2 Å². The van der Waals surface area contributed by atoms with Crippen LogP contribution in [0, 0.1) is 5.92 Å². The van der Waals surface area contributed by atoms with Crippen molar-refractivity contribution >= 4 is 17.3 Å². The third kappa shape index (κ3) is 2.73. The molecule has 2 rings (SSSR count). The summed E-state index contributed by atoms with van der Waals surface area (Å²) in [4.78, 5) is 11.2. The molecule has 18 heavy (non-hydrogen) atoms. The van der Waals surface area contributed by atoms with Crippen LogP contribution in [0.2, 0.25) is 0 Å². The maximum atomic E-state index is 11.2. The topological polar surface area (TPSA) is 90.4 Å². The summed E-state index contributed by atoms with van der Waals surface area (Å²) in [6, 6.07) is 5.54. The van der Waals surface area contributed by atoms with Crippen LogP contribution in [-0.4, -0.2) is 25.2 Å². The molecule has 0 saturated carbocycles. The zero-order valence-electron chi connectivity index (χ0n) is 10.5. The molecule has 1 aliphatic heterocycles. The summed E-state index contributed by atoms with van der Waals surface area (Å²) < 4.78 is 5.36. The summed E-state index contributed by atoms with van der Waals surface area (Å²) >= 11 is 0. The van der Waals surface area contributed by atoms with Crippen LogP contribution in [0.1, 0.15) is 23.7 Å². The lowest BCUT2D eigenvalue weighted by Crippen LogP contribution is -2.26. The number of ether oxygens (including phenoxy) is 1. The highest BCUT2D eigenvalue weighted by molar-refractivity contribution is 5.98. The van der Waals surface area contributed by atoms with E-state index in [9.17, 15) is 4.79 Å². The first-order valence-corrected chi connectivity index (χ1v) is 6.11. The highest BCUT2D eigenvalue weighted by atomic mass is 16.5. The van der Waals surface area contributed by atoms with Gasteiger partial charge in [-0.05, 0) is 31.5 Å². The average Bonchev–Trinajstić information content (AvgIpc) is 2.85. The van der Waals surface area contributed by atoms with Crippen molar-refractivity contribution in [2.24, 2.45) is 11.7 Å². The van der Waals surface area contributed by atoms with E-state index in [4.69, 9.17) is 16.2 Å². The molecule has 1 aliphatic rings. The van der Waals surface area contributed by atoms with Crippen molar-refractivity contribution in [3.05, 3.63) is 23.8 Å². The van der Waals surface area contributed by atoms with Crippen molar-refractivity contribution in [3.8, 4) is 0 Å². The highest BCUT2D eigenvalue weighted by Crippen LogP contribution is 2.22. The van der Waals surface area contributed by atoms with Crippen molar-refractivity contribution in [1.29, 1.82) is 0 Å². The summed E-state index contributed by atoms with van der Waals surface area (Å²) in [5.41, 5.74) is 12.6. The van der Waals surface area contributed by atoms with Crippen LogP contribution in [0.4, 0.5) is 11.4 Å². The van der Waals surface area contributed by atoms with Crippen LogP contribution in [0.15, 0.2) is 18.2 Å². The minimum Gasteiger partial charge on any atom is -0.398 e. The van der Waals surface area contributed by atoms with E-state index in [2.05, 4.69) is 12.2 Å². The van der Waals surface area contributed by atoms with E-state index in [1.165, 1.54) is 0 Å². The lowest BCUT2D eigenvalue weighted by molar-refractivity contribution is 0.100. The Morgan fingerprint density at radius 1 is 1.56 bits per heavy atom. The second kappa shape index (κ2) is 5.27. The lowest BCUT2D eigenvalue weighted by atomic mass is 10.0. The van der Waals surface area contributed by atoms with Gasteiger partial charge in [0, 0.05) is 29.9 Å². The van der Waals surface area contributed by atoms with Crippen molar-refractivity contribution in [1.82, 2.24) is 0 Å². The maximum absolute atomic E-state index is 11.2. The molecule has 1 heterocycles. The molecule has 1 aromatic carbocycles. The van der Waals surface area contributed by atoms with E-state index in [0.717, 1.165) is 25.3 Å². The largest absolute Gasteiger partial charge is 0.398 e. The number of amides is 1. The Balaban J connectivity index is 2.09. The molecule has 0 aliphatic carbocycles. The van der Waals surface area contributed by atoms with Crippen LogP contribution >= 0.6 is 0 Å². The quantitative estimate of drug-likeness (QED) is 0.699. The van der Waals surface area contributed by atoms with Crippen LogP contribution in [0.5, 0.6) is 0 Å². The number of hydrogen-bond donors (Lipinski definition) is 3. The van der Waals surface area contributed by atoms with Crippen LogP contribution in [-0.2, 0) is 4.74 Å². The summed E-state index contributed by atoms with van der Waals surface area (Å²) in [7, 11) is 0. The molecule has 0 radical (unpaired) electrons. The molecule has 1 fully saturated rings. The van der Waals surface area contributed by atoms with E-state index >= 15 is 0 Å². The van der Waals surface area contributed by atoms with Crippen LogP contribution < -0.4 is 16.8 Å². The molecule has 5 N–H and O–H groups in total. The molecular formula is C13H19N3O2. The Morgan fingerprint density at radius 3 is 2.94 bits per heavy atom. The van der Waals surface area contributed by atoms with Gasteiger partial charge in [0.1, 0.15) is 0 Å². The molecule has 5 nitrogen and oxygen atoms in total. The molecule has 1 saturated heterocycles. The van der Waals surface area contributed by atoms with Gasteiger partial charge in [-0.3, -0.25) is 4.79 Å². The van der Waals surface area contributed by atoms with Gasteiger partial charge in [-0.25, -0.2) is 0 Å². The van der Waals surface area contributed by atoms with Gasteiger partial charge in [-0.1, -0.05) is 0 Å². The maximum Gasteiger partial charge on any atom is 0.250 e. The fraction of sp³-hybridized carbons (Fsp3) is 0.462. The lowest BCUT2D eigenvalue weighted by Gasteiger charge is -2.21. The third-order valence-electron chi connectivity index (χ3n) is 3.39. The Labute approximate surface area is 106 Å². The van der Waals surface area contributed by atoms with Gasteiger partial charge in [0.15, 0.2) is 0 Å². The van der Waals surface area contributed by atoms with Gasteiger partial charge in [-0.2, -0.15) is 0 Å². The van der Waals surface area contributed by atoms with E-state index in [1.54, 1.807) is 12.1 Å². The Kier molecular flexibility index (Phi) is 3.72. The predicted molar refractivity (Wildman–Crippen MR) is 71.4 cm³/mol. The fourth-order valence-corrected chi connectivity index (χ4v) is 2.19. The first kappa shape index (κ1) is 12.7. The third-order valence-corrected chi connectivity index (χ3v) is 3.39. The SMILES string of the molecule is CC(Nc1ccc(N)c(C(N)=O)c1)C1CCOC1. The number of nitrogen functional groups attached to an aromatic ring is 1. The van der Waals surface area contributed by atoms with Crippen molar-refractivity contribution in [2.75, 3.05) is 24.3 Å². The Bertz CT molecular complexity index is 442. The molecule has 98 valence electrons. The van der Waals surface area contributed by atoms with Gasteiger partial charge < -0.3 is 21.5 Å². The van der Waals surface area contributed by atoms with E-state index in [1.807, 2.05) is 6.07 Å². The summed E-state index contributed by atoms with van der Waals surface area (Å²) in [6.07, 6.45) is 1.06. The number of primary amides is 1. The molecule has 5 heteroatoms. The Morgan fingerprint density at radius 2 is 2.33 bits per heavy atom. The van der Waals surface area contributed by atoms with Gasteiger partial charge in [0.05, 0.1) is 12.2 Å². The first-order valence-electron chi connectivity index (χ1n) is 6.11. The molecule has 2 unspecified atom stereocenters. The fourth-order valence-electron chi connectivity index (χ4n) is 2.19. The van der Waals surface area contributed by atoms with Gasteiger partial charge >= 0.3 is 0 Å². The van der Waals surface area contributed by atoms with Crippen LogP contribution in [0.3, 0.4) is 0 Å². The van der Waals surface area contributed by atoms with Gasteiger partial charge in [-0.15, -0.1) is 0 Å². The minimum absolute atomic E-state index is 0.289. The molecule has 1 amide bonds. The number of benzene rings is 1. The Hall–Kier alpha value is -1.75. The molecule has 0 aromatic heterocycles. The van der Waals surface area contributed by atoms with Crippen molar-refractivity contribution in [2.45, 2.75) is 19.4 Å². The van der Waals surface area contributed by atoms with Crippen molar-refractivity contribution in [3.63, 3.8) is 0 Å². The van der Waals surface area contributed by atoms with Gasteiger partial charge in [0.25, 0.3) is 5.91 Å². The van der Waals surface area contributed by atoms with Gasteiger partial charge in [0.2, 0.25) is 0 Å². The standard InChI is InChI=1S/C13H19N3O2/c1-8(9-4-5-18-7-9)16-10-2-3-12(14)11(6-10)13(15)17/h2-3,6,8-9,16H,4-5,7,14H2,1H3,(H2,15,17). The number of carbonyl (C=O) groups excluding carboxylic acids is 1. The molecule has 0 spiro atoms. The number of rotatable bonds is 4. The summed E-state index contributed by atoms with van der Waals surface area (Å²) in [6.45, 7) is 3.72. The number of carbonyl (C=O) groups is 1. The van der Waals surface area contributed by atoms with E-state index in [-0.39, 0.29) is 6.04 Å². The van der Waals surface area contributed by atoms with E-state index < -0.39 is 5.91 Å². The molecule has 1 aromatic rings. The zero-order chi connectivity index (χ0) is 13.1. The number of hydrogen-bond acceptors (Lipinski definition) is 4. The monoisotopic (exact) mass is 249 g/mol. The summed E-state index contributed by atoms with van der Waals surface area (Å²) in [5.74, 6) is -0.00687. The minimum atomic E-state index is -0.506. The highest BCUT2D eigenvalue weighted by Gasteiger charge is 2.22. The normalized spacial score (nSPS) is 20.6. The molecule has 2 atom stereocenters. The molecular weight excluding hydrogens is 230 g/mol. The predicted octanol–water partition coefficient (Wildman–Crippen LogP) is 1.20. The second-order valence-corrected chi connectivity index (χ2v) is 4.72. The average molecular weight is 249 g/mol. The van der Waals surface area contributed by atoms with Crippen LogP contribution in [0.25, 0.3) is 0 Å². The second-order valence-electron chi connectivity index (χ2n) is 4.72.